The fourth-order valence-corrected chi connectivity index (χ4v) is 3.00. The zero-order valence-electron chi connectivity index (χ0n) is 16.2. The smallest absolute Gasteiger partial charge is 0.269 e. The predicted molar refractivity (Wildman–Crippen MR) is 112 cm³/mol. The first kappa shape index (κ1) is 20.1. The van der Waals surface area contributed by atoms with Gasteiger partial charge in [0.1, 0.15) is 0 Å². The number of aryl methyl sites for hydroxylation is 1. The van der Waals surface area contributed by atoms with Crippen LogP contribution in [0.25, 0.3) is 10.8 Å². The number of hydrazine groups is 1. The van der Waals surface area contributed by atoms with E-state index >= 15 is 0 Å². The summed E-state index contributed by atoms with van der Waals surface area (Å²) in [6, 6.07) is 20.7. The van der Waals surface area contributed by atoms with E-state index in [-0.39, 0.29) is 18.9 Å². The van der Waals surface area contributed by atoms with E-state index in [2.05, 4.69) is 16.2 Å². The minimum atomic E-state index is -0.505. The van der Waals surface area contributed by atoms with Crippen LogP contribution in [-0.2, 0) is 22.4 Å². The van der Waals surface area contributed by atoms with Crippen molar-refractivity contribution in [2.75, 3.05) is 6.54 Å². The first-order chi connectivity index (χ1) is 14.1. The Morgan fingerprint density at radius 3 is 2.28 bits per heavy atom. The van der Waals surface area contributed by atoms with Crippen molar-refractivity contribution in [2.45, 2.75) is 19.8 Å². The highest BCUT2D eigenvalue weighted by Crippen LogP contribution is 2.18. The molecule has 0 saturated heterocycles. The largest absolute Gasteiger partial charge is 0.347 e. The molecule has 0 aliphatic rings. The lowest BCUT2D eigenvalue weighted by molar-refractivity contribution is -0.126. The fraction of sp³-hybridized carbons (Fsp3) is 0.174. The summed E-state index contributed by atoms with van der Waals surface area (Å²) in [6.45, 7) is 1.81. The monoisotopic (exact) mass is 389 g/mol. The van der Waals surface area contributed by atoms with Gasteiger partial charge >= 0.3 is 0 Å². The van der Waals surface area contributed by atoms with E-state index in [1.54, 1.807) is 12.1 Å². The number of rotatable bonds is 6. The Hall–Kier alpha value is -3.67. The minimum absolute atomic E-state index is 0.171. The van der Waals surface area contributed by atoms with Gasteiger partial charge in [-0.1, -0.05) is 61.5 Å². The van der Waals surface area contributed by atoms with Crippen LogP contribution in [0.15, 0.2) is 66.7 Å². The van der Waals surface area contributed by atoms with Gasteiger partial charge in [-0.3, -0.25) is 25.2 Å². The maximum atomic E-state index is 12.2. The molecule has 0 heterocycles. The number of benzene rings is 3. The van der Waals surface area contributed by atoms with Gasteiger partial charge in [0.15, 0.2) is 0 Å². The van der Waals surface area contributed by atoms with E-state index < -0.39 is 11.8 Å². The lowest BCUT2D eigenvalue weighted by atomic mass is 10.0. The molecule has 0 fully saturated rings. The second kappa shape index (κ2) is 9.50. The number of fused-ring (bicyclic) bond motifs is 1. The summed E-state index contributed by atoms with van der Waals surface area (Å²) in [5, 5.41) is 4.64. The van der Waals surface area contributed by atoms with Crippen LogP contribution in [0.5, 0.6) is 0 Å². The normalized spacial score (nSPS) is 10.4. The SMILES string of the molecule is CCc1ccc(C(=O)NNC(=O)CNC(=O)Cc2cccc3ccccc23)cc1. The third kappa shape index (κ3) is 5.42. The molecule has 3 amide bonds. The molecule has 0 saturated carbocycles. The fourth-order valence-electron chi connectivity index (χ4n) is 3.00. The van der Waals surface area contributed by atoms with Crippen LogP contribution in [0.1, 0.15) is 28.4 Å². The highest BCUT2D eigenvalue weighted by molar-refractivity contribution is 5.96. The summed E-state index contributed by atoms with van der Waals surface area (Å²) in [4.78, 5) is 36.1. The average molecular weight is 389 g/mol. The van der Waals surface area contributed by atoms with Crippen LogP contribution in [0.2, 0.25) is 0 Å². The van der Waals surface area contributed by atoms with Crippen molar-refractivity contribution >= 4 is 28.5 Å². The number of amides is 3. The van der Waals surface area contributed by atoms with Crippen molar-refractivity contribution in [3.05, 3.63) is 83.4 Å². The van der Waals surface area contributed by atoms with E-state index in [1.807, 2.05) is 61.5 Å². The van der Waals surface area contributed by atoms with Crippen molar-refractivity contribution in [3.8, 4) is 0 Å². The van der Waals surface area contributed by atoms with Crippen LogP contribution >= 0.6 is 0 Å². The molecule has 3 aromatic carbocycles. The first-order valence-electron chi connectivity index (χ1n) is 9.48. The molecular formula is C23H23N3O3. The molecule has 0 aliphatic heterocycles. The van der Waals surface area contributed by atoms with Crippen LogP contribution in [0.4, 0.5) is 0 Å². The van der Waals surface area contributed by atoms with E-state index in [0.717, 1.165) is 28.3 Å². The zero-order valence-corrected chi connectivity index (χ0v) is 16.2. The third-order valence-corrected chi connectivity index (χ3v) is 4.62. The Labute approximate surface area is 169 Å². The van der Waals surface area contributed by atoms with Crippen molar-refractivity contribution in [1.82, 2.24) is 16.2 Å². The molecule has 148 valence electrons. The van der Waals surface area contributed by atoms with Gasteiger partial charge in [-0.15, -0.1) is 0 Å². The van der Waals surface area contributed by atoms with E-state index in [9.17, 15) is 14.4 Å². The van der Waals surface area contributed by atoms with E-state index in [1.165, 1.54) is 0 Å². The second-order valence-electron chi connectivity index (χ2n) is 6.64. The molecule has 0 bridgehead atoms. The Bertz CT molecular complexity index is 1020. The maximum absolute atomic E-state index is 12.2. The number of carbonyl (C=O) groups is 3. The summed E-state index contributed by atoms with van der Waals surface area (Å²) >= 11 is 0. The molecule has 0 aliphatic carbocycles. The van der Waals surface area contributed by atoms with Crippen LogP contribution in [0.3, 0.4) is 0 Å². The standard InChI is InChI=1S/C23H23N3O3/c1-2-16-10-12-18(13-11-16)23(29)26-25-22(28)15-24-21(27)14-19-8-5-7-17-6-3-4-9-20(17)19/h3-13H,2,14-15H2,1H3,(H,24,27)(H,25,28)(H,26,29). The predicted octanol–water partition coefficient (Wildman–Crippen LogP) is 2.52. The van der Waals surface area contributed by atoms with Gasteiger partial charge in [0.25, 0.3) is 11.8 Å². The number of hydrogen-bond acceptors (Lipinski definition) is 3. The molecular weight excluding hydrogens is 366 g/mol. The molecule has 0 aromatic heterocycles. The Morgan fingerprint density at radius 1 is 0.793 bits per heavy atom. The summed E-state index contributed by atoms with van der Waals surface area (Å²) in [5.41, 5.74) is 7.11. The maximum Gasteiger partial charge on any atom is 0.269 e. The average Bonchev–Trinajstić information content (AvgIpc) is 2.76. The van der Waals surface area contributed by atoms with Crippen molar-refractivity contribution in [2.24, 2.45) is 0 Å². The van der Waals surface area contributed by atoms with Gasteiger partial charge in [-0.25, -0.2) is 0 Å². The topological polar surface area (TPSA) is 87.3 Å². The Kier molecular flexibility index (Phi) is 6.58. The minimum Gasteiger partial charge on any atom is -0.347 e. The van der Waals surface area contributed by atoms with Crippen LogP contribution in [-0.4, -0.2) is 24.3 Å². The molecule has 6 nitrogen and oxygen atoms in total. The van der Waals surface area contributed by atoms with Gasteiger partial charge in [0.05, 0.1) is 13.0 Å². The summed E-state index contributed by atoms with van der Waals surface area (Å²) in [5.74, 6) is -1.18. The summed E-state index contributed by atoms with van der Waals surface area (Å²) in [6.07, 6.45) is 1.06. The second-order valence-corrected chi connectivity index (χ2v) is 6.64. The molecule has 0 spiro atoms. The summed E-state index contributed by atoms with van der Waals surface area (Å²) < 4.78 is 0. The molecule has 6 heteroatoms. The van der Waals surface area contributed by atoms with E-state index in [0.29, 0.717) is 5.56 Å². The quantitative estimate of drug-likeness (QED) is 0.566. The number of hydrogen-bond donors (Lipinski definition) is 3. The molecule has 3 N–H and O–H groups in total. The molecule has 0 unspecified atom stereocenters. The lowest BCUT2D eigenvalue weighted by Gasteiger charge is -2.10. The highest BCUT2D eigenvalue weighted by atomic mass is 16.2. The Morgan fingerprint density at radius 2 is 1.52 bits per heavy atom. The molecule has 3 rings (SSSR count). The van der Waals surface area contributed by atoms with Crippen LogP contribution < -0.4 is 16.2 Å². The zero-order chi connectivity index (χ0) is 20.6. The lowest BCUT2D eigenvalue weighted by Crippen LogP contribution is -2.46. The summed E-state index contributed by atoms with van der Waals surface area (Å²) in [7, 11) is 0. The van der Waals surface area contributed by atoms with Gasteiger partial charge in [-0.2, -0.15) is 0 Å². The van der Waals surface area contributed by atoms with Crippen LogP contribution in [0, 0.1) is 0 Å². The van der Waals surface area contributed by atoms with Crippen molar-refractivity contribution in [3.63, 3.8) is 0 Å². The third-order valence-electron chi connectivity index (χ3n) is 4.62. The molecule has 0 atom stereocenters. The Balaban J connectivity index is 1.46. The molecule has 3 aromatic rings. The number of carbonyl (C=O) groups excluding carboxylic acids is 3. The van der Waals surface area contributed by atoms with E-state index in [4.69, 9.17) is 0 Å². The highest BCUT2D eigenvalue weighted by Gasteiger charge is 2.10. The van der Waals surface area contributed by atoms with Crippen molar-refractivity contribution < 1.29 is 14.4 Å². The van der Waals surface area contributed by atoms with Gasteiger partial charge in [-0.05, 0) is 40.5 Å². The van der Waals surface area contributed by atoms with Gasteiger partial charge in [0, 0.05) is 5.56 Å². The molecule has 29 heavy (non-hydrogen) atoms. The first-order valence-corrected chi connectivity index (χ1v) is 9.48. The van der Waals surface area contributed by atoms with Gasteiger partial charge < -0.3 is 5.32 Å². The molecule has 0 radical (unpaired) electrons. The van der Waals surface area contributed by atoms with Gasteiger partial charge in [0.2, 0.25) is 5.91 Å². The number of nitrogens with one attached hydrogen (secondary N) is 3. The van der Waals surface area contributed by atoms with Crippen molar-refractivity contribution in [1.29, 1.82) is 0 Å².